The van der Waals surface area contributed by atoms with Crippen molar-refractivity contribution in [1.29, 1.82) is 0 Å². The molecule has 0 aliphatic carbocycles. The topological polar surface area (TPSA) is 77.7 Å². The van der Waals surface area contributed by atoms with Crippen LogP contribution in [0.25, 0.3) is 17.5 Å². The molecule has 8 heteroatoms. The molecule has 0 radical (unpaired) electrons. The van der Waals surface area contributed by atoms with E-state index < -0.39 is 0 Å². The first-order chi connectivity index (χ1) is 14.2. The minimum Gasteiger partial charge on any atom is -0.454 e. The average molecular weight is 410 g/mol. The van der Waals surface area contributed by atoms with Crippen molar-refractivity contribution in [3.8, 4) is 22.9 Å². The van der Waals surface area contributed by atoms with Gasteiger partial charge < -0.3 is 18.9 Å². The molecule has 0 bridgehead atoms. The Labute approximate surface area is 171 Å². The van der Waals surface area contributed by atoms with E-state index in [0.717, 1.165) is 16.9 Å². The minimum absolute atomic E-state index is 0.0401. The van der Waals surface area contributed by atoms with Crippen molar-refractivity contribution in [2.75, 3.05) is 19.9 Å². The summed E-state index contributed by atoms with van der Waals surface area (Å²) < 4.78 is 16.0. The standard InChI is InChI=1S/C21H16ClN3O4/c22-16-3-1-2-14(9-16)20-23-21(29-24-20)15-10-25(11-15)19(26)7-5-13-4-6-17-18(8-13)28-12-27-17/h1-9,15H,10-12H2/b7-5+. The molecule has 1 saturated heterocycles. The van der Waals surface area contributed by atoms with Gasteiger partial charge in [0.2, 0.25) is 24.4 Å². The van der Waals surface area contributed by atoms with Gasteiger partial charge in [0.1, 0.15) is 0 Å². The Kier molecular flexibility index (Phi) is 4.44. The summed E-state index contributed by atoms with van der Waals surface area (Å²) in [5.41, 5.74) is 1.68. The van der Waals surface area contributed by atoms with Crippen molar-refractivity contribution in [2.24, 2.45) is 0 Å². The zero-order valence-electron chi connectivity index (χ0n) is 15.2. The second-order valence-corrected chi connectivity index (χ2v) is 7.29. The lowest BCUT2D eigenvalue weighted by Crippen LogP contribution is -2.47. The Hall–Kier alpha value is -3.32. The maximum absolute atomic E-state index is 12.4. The van der Waals surface area contributed by atoms with Crippen LogP contribution in [0.4, 0.5) is 0 Å². The Morgan fingerprint density at radius 2 is 2.00 bits per heavy atom. The third-order valence-electron chi connectivity index (χ3n) is 4.88. The Balaban J connectivity index is 1.19. The van der Waals surface area contributed by atoms with Gasteiger partial charge in [0.05, 0.1) is 5.92 Å². The molecular formula is C21H16ClN3O4. The van der Waals surface area contributed by atoms with Gasteiger partial charge in [-0.15, -0.1) is 0 Å². The van der Waals surface area contributed by atoms with E-state index in [9.17, 15) is 4.79 Å². The number of rotatable bonds is 4. The van der Waals surface area contributed by atoms with Gasteiger partial charge in [-0.05, 0) is 35.9 Å². The third-order valence-corrected chi connectivity index (χ3v) is 5.12. The molecule has 3 aromatic rings. The van der Waals surface area contributed by atoms with Crippen LogP contribution in [-0.2, 0) is 4.79 Å². The molecule has 0 spiro atoms. The van der Waals surface area contributed by atoms with E-state index in [1.54, 1.807) is 29.2 Å². The fraction of sp³-hybridized carbons (Fsp3) is 0.190. The molecule has 7 nitrogen and oxygen atoms in total. The maximum atomic E-state index is 12.4. The number of ether oxygens (including phenoxy) is 2. The monoisotopic (exact) mass is 409 g/mol. The molecule has 29 heavy (non-hydrogen) atoms. The molecule has 0 N–H and O–H groups in total. The summed E-state index contributed by atoms with van der Waals surface area (Å²) in [5.74, 6) is 2.41. The smallest absolute Gasteiger partial charge is 0.246 e. The number of carbonyl (C=O) groups excluding carboxylic acids is 1. The van der Waals surface area contributed by atoms with Crippen molar-refractivity contribution < 1.29 is 18.8 Å². The van der Waals surface area contributed by atoms with E-state index in [4.69, 9.17) is 25.6 Å². The number of benzene rings is 2. The number of aromatic nitrogens is 2. The van der Waals surface area contributed by atoms with Gasteiger partial charge in [0.15, 0.2) is 11.5 Å². The van der Waals surface area contributed by atoms with Crippen LogP contribution in [0, 0.1) is 0 Å². The molecule has 2 aliphatic heterocycles. The Bertz CT molecular complexity index is 1100. The first-order valence-electron chi connectivity index (χ1n) is 9.12. The van der Waals surface area contributed by atoms with Gasteiger partial charge in [-0.25, -0.2) is 0 Å². The molecule has 2 aliphatic rings. The number of hydrogen-bond donors (Lipinski definition) is 0. The molecule has 0 saturated carbocycles. The Morgan fingerprint density at radius 3 is 2.86 bits per heavy atom. The molecule has 0 atom stereocenters. The van der Waals surface area contributed by atoms with E-state index in [-0.39, 0.29) is 18.6 Å². The second kappa shape index (κ2) is 7.25. The average Bonchev–Trinajstić information content (AvgIpc) is 3.34. The molecule has 0 unspecified atom stereocenters. The van der Waals surface area contributed by atoms with Crippen LogP contribution < -0.4 is 9.47 Å². The number of halogens is 1. The van der Waals surface area contributed by atoms with Crippen LogP contribution in [0.15, 0.2) is 53.1 Å². The minimum atomic E-state index is -0.0616. The SMILES string of the molecule is O=C(/C=C/c1ccc2c(c1)OCO2)N1CC(c2nc(-c3cccc(Cl)c3)no2)C1. The van der Waals surface area contributed by atoms with Gasteiger partial charge in [0, 0.05) is 29.8 Å². The highest BCUT2D eigenvalue weighted by Crippen LogP contribution is 2.33. The maximum Gasteiger partial charge on any atom is 0.246 e. The molecule has 146 valence electrons. The van der Waals surface area contributed by atoms with Crippen LogP contribution in [0.5, 0.6) is 11.5 Å². The van der Waals surface area contributed by atoms with Crippen LogP contribution in [0.3, 0.4) is 0 Å². The number of nitrogens with zero attached hydrogens (tertiary/aromatic N) is 3. The first-order valence-corrected chi connectivity index (χ1v) is 9.50. The number of fused-ring (bicyclic) bond motifs is 1. The van der Waals surface area contributed by atoms with Crippen molar-refractivity contribution in [2.45, 2.75) is 5.92 Å². The molecule has 3 heterocycles. The first kappa shape index (κ1) is 17.8. The third kappa shape index (κ3) is 3.56. The van der Waals surface area contributed by atoms with Crippen LogP contribution in [0.1, 0.15) is 17.4 Å². The van der Waals surface area contributed by atoms with Gasteiger partial charge in [-0.1, -0.05) is 35.0 Å². The van der Waals surface area contributed by atoms with Gasteiger partial charge >= 0.3 is 0 Å². The Morgan fingerprint density at radius 1 is 1.14 bits per heavy atom. The normalized spacial score (nSPS) is 15.7. The lowest BCUT2D eigenvalue weighted by atomic mass is 10.00. The summed E-state index contributed by atoms with van der Waals surface area (Å²) in [5, 5.41) is 4.63. The summed E-state index contributed by atoms with van der Waals surface area (Å²) in [6.45, 7) is 1.31. The van der Waals surface area contributed by atoms with Crippen molar-refractivity contribution in [3.05, 3.63) is 65.0 Å². The number of amides is 1. The summed E-state index contributed by atoms with van der Waals surface area (Å²) in [4.78, 5) is 18.6. The van der Waals surface area contributed by atoms with Crippen LogP contribution in [0.2, 0.25) is 5.02 Å². The van der Waals surface area contributed by atoms with Crippen LogP contribution >= 0.6 is 11.6 Å². The molecule has 2 aromatic carbocycles. The largest absolute Gasteiger partial charge is 0.454 e. The summed E-state index contributed by atoms with van der Waals surface area (Å²) in [6.07, 6.45) is 3.32. The van der Waals surface area contributed by atoms with Crippen LogP contribution in [-0.4, -0.2) is 40.8 Å². The predicted octanol–water partition coefficient (Wildman–Crippen LogP) is 3.76. The van der Waals surface area contributed by atoms with Gasteiger partial charge in [0.25, 0.3) is 0 Å². The fourth-order valence-electron chi connectivity index (χ4n) is 3.25. The number of carbonyl (C=O) groups is 1. The molecule has 1 aromatic heterocycles. The number of hydrogen-bond acceptors (Lipinski definition) is 6. The van der Waals surface area contributed by atoms with E-state index in [0.29, 0.717) is 35.6 Å². The summed E-state index contributed by atoms with van der Waals surface area (Å²) in [7, 11) is 0. The van der Waals surface area contributed by atoms with E-state index in [2.05, 4.69) is 10.1 Å². The molecular weight excluding hydrogens is 394 g/mol. The second-order valence-electron chi connectivity index (χ2n) is 6.85. The lowest BCUT2D eigenvalue weighted by molar-refractivity contribution is -0.130. The van der Waals surface area contributed by atoms with Crippen molar-refractivity contribution in [3.63, 3.8) is 0 Å². The molecule has 1 fully saturated rings. The van der Waals surface area contributed by atoms with Gasteiger partial charge in [-0.3, -0.25) is 4.79 Å². The highest BCUT2D eigenvalue weighted by molar-refractivity contribution is 6.30. The van der Waals surface area contributed by atoms with E-state index in [1.807, 2.05) is 30.3 Å². The van der Waals surface area contributed by atoms with Gasteiger partial charge in [-0.2, -0.15) is 4.98 Å². The zero-order chi connectivity index (χ0) is 19.8. The highest BCUT2D eigenvalue weighted by atomic mass is 35.5. The summed E-state index contributed by atoms with van der Waals surface area (Å²) in [6, 6.07) is 12.8. The molecule has 1 amide bonds. The number of likely N-dealkylation sites (tertiary alicyclic amines) is 1. The predicted molar refractivity (Wildman–Crippen MR) is 106 cm³/mol. The summed E-state index contributed by atoms with van der Waals surface area (Å²) >= 11 is 6.01. The van der Waals surface area contributed by atoms with Crippen molar-refractivity contribution >= 4 is 23.6 Å². The van der Waals surface area contributed by atoms with E-state index in [1.165, 1.54) is 0 Å². The molecule has 5 rings (SSSR count). The lowest BCUT2D eigenvalue weighted by Gasteiger charge is -2.36. The fourth-order valence-corrected chi connectivity index (χ4v) is 3.44. The zero-order valence-corrected chi connectivity index (χ0v) is 16.0. The van der Waals surface area contributed by atoms with Crippen molar-refractivity contribution in [1.82, 2.24) is 15.0 Å². The quantitative estimate of drug-likeness (QED) is 0.610. The van der Waals surface area contributed by atoms with E-state index >= 15 is 0 Å². The highest BCUT2D eigenvalue weighted by Gasteiger charge is 2.34.